The summed E-state index contributed by atoms with van der Waals surface area (Å²) in [6, 6.07) is 20.2. The van der Waals surface area contributed by atoms with Crippen LogP contribution < -0.4 is 5.43 Å². The number of nitrogens with zero attached hydrogens (tertiary/aromatic N) is 2. The number of pyridine rings is 1. The molecule has 0 unspecified atom stereocenters. The van der Waals surface area contributed by atoms with Crippen molar-refractivity contribution in [2.75, 3.05) is 0 Å². The molecule has 0 aliphatic rings. The maximum absolute atomic E-state index is 4.34. The Morgan fingerprint density at radius 3 is 2.65 bits per heavy atom. The lowest BCUT2D eigenvalue weighted by molar-refractivity contribution is 0.748. The van der Waals surface area contributed by atoms with Crippen LogP contribution in [-0.2, 0) is 6.54 Å². The molecule has 0 spiro atoms. The van der Waals surface area contributed by atoms with Crippen LogP contribution in [0.2, 0.25) is 0 Å². The van der Waals surface area contributed by atoms with E-state index in [-0.39, 0.29) is 0 Å². The summed E-state index contributed by atoms with van der Waals surface area (Å²) in [7, 11) is 0. The third kappa shape index (κ3) is 2.83. The summed E-state index contributed by atoms with van der Waals surface area (Å²) in [4.78, 5) is 4.34. The Kier molecular flexibility index (Phi) is 3.69. The molecule has 98 valence electrons. The maximum Gasteiger partial charge on any atom is 0.0708 e. The Morgan fingerprint density at radius 2 is 1.75 bits per heavy atom. The lowest BCUT2D eigenvalue weighted by Crippen LogP contribution is -2.05. The van der Waals surface area contributed by atoms with Gasteiger partial charge in [-0.2, -0.15) is 5.10 Å². The molecule has 1 aromatic heterocycles. The average Bonchev–Trinajstić information content (AvgIpc) is 2.53. The highest BCUT2D eigenvalue weighted by atomic mass is 15.3. The maximum atomic E-state index is 4.34. The van der Waals surface area contributed by atoms with Crippen molar-refractivity contribution in [2.45, 2.75) is 6.54 Å². The molecule has 0 saturated heterocycles. The average molecular weight is 261 g/mol. The summed E-state index contributed by atoms with van der Waals surface area (Å²) in [5.74, 6) is 0. The molecule has 1 N–H and O–H groups in total. The monoisotopic (exact) mass is 261 g/mol. The molecule has 0 fully saturated rings. The number of aromatic nitrogens is 1. The van der Waals surface area contributed by atoms with Crippen LogP contribution in [0.3, 0.4) is 0 Å². The summed E-state index contributed by atoms with van der Waals surface area (Å²) in [6.45, 7) is 0.723. The molecule has 0 bridgehead atoms. The molecule has 0 aliphatic carbocycles. The lowest BCUT2D eigenvalue weighted by Gasteiger charge is -2.02. The van der Waals surface area contributed by atoms with E-state index >= 15 is 0 Å². The predicted octanol–water partition coefficient (Wildman–Crippen LogP) is 3.36. The summed E-state index contributed by atoms with van der Waals surface area (Å²) in [5, 5.41) is 5.40. The van der Waals surface area contributed by atoms with Crippen LogP contribution in [0.15, 0.2) is 72.0 Å². The van der Waals surface area contributed by atoms with Crippen molar-refractivity contribution in [3.8, 4) is 0 Å². The number of nitrogens with one attached hydrogen (secondary N) is 1. The zero-order valence-electron chi connectivity index (χ0n) is 11.0. The highest BCUT2D eigenvalue weighted by Crippen LogP contribution is 2.14. The zero-order valence-corrected chi connectivity index (χ0v) is 11.0. The molecule has 0 amide bonds. The number of hydrazone groups is 1. The molecule has 3 aromatic rings. The molecule has 3 rings (SSSR count). The molecule has 0 saturated carbocycles. The van der Waals surface area contributed by atoms with E-state index in [0.717, 1.165) is 23.0 Å². The van der Waals surface area contributed by atoms with Gasteiger partial charge in [0.25, 0.3) is 0 Å². The number of para-hydroxylation sites is 1. The van der Waals surface area contributed by atoms with Crippen molar-refractivity contribution in [3.05, 3.63) is 78.0 Å². The van der Waals surface area contributed by atoms with Gasteiger partial charge in [0.2, 0.25) is 0 Å². The van der Waals surface area contributed by atoms with Gasteiger partial charge in [-0.1, -0.05) is 48.5 Å². The number of benzene rings is 2. The van der Waals surface area contributed by atoms with E-state index < -0.39 is 0 Å². The number of hydrogen-bond acceptors (Lipinski definition) is 3. The van der Waals surface area contributed by atoms with Crippen LogP contribution in [0, 0.1) is 0 Å². The van der Waals surface area contributed by atoms with E-state index in [9.17, 15) is 0 Å². The minimum absolute atomic E-state index is 0.723. The second kappa shape index (κ2) is 5.97. The van der Waals surface area contributed by atoms with Gasteiger partial charge in [0.1, 0.15) is 0 Å². The fourth-order valence-electron chi connectivity index (χ4n) is 2.08. The van der Waals surface area contributed by atoms with Gasteiger partial charge in [-0.25, -0.2) is 0 Å². The summed E-state index contributed by atoms with van der Waals surface area (Å²) in [5.41, 5.74) is 6.33. The van der Waals surface area contributed by atoms with Crippen molar-refractivity contribution >= 4 is 17.1 Å². The lowest BCUT2D eigenvalue weighted by atomic mass is 10.1. The highest BCUT2D eigenvalue weighted by Gasteiger charge is 1.97. The summed E-state index contributed by atoms with van der Waals surface area (Å²) < 4.78 is 0. The van der Waals surface area contributed by atoms with Crippen molar-refractivity contribution in [3.63, 3.8) is 0 Å². The van der Waals surface area contributed by atoms with Crippen LogP contribution in [-0.4, -0.2) is 11.2 Å². The van der Waals surface area contributed by atoms with E-state index in [2.05, 4.69) is 33.7 Å². The van der Waals surface area contributed by atoms with E-state index in [0.29, 0.717) is 0 Å². The molecular weight excluding hydrogens is 246 g/mol. The standard InChI is InChI=1S/C17H15N3/c1-2-6-14(7-3-1)12-19-20-13-15-10-11-18-17-9-5-4-8-16(15)17/h1-11,13,19H,12H2. The third-order valence-electron chi connectivity index (χ3n) is 3.10. The van der Waals surface area contributed by atoms with Gasteiger partial charge >= 0.3 is 0 Å². The SMILES string of the molecule is C(=NNCc1ccccc1)c1ccnc2ccccc12. The van der Waals surface area contributed by atoms with E-state index in [4.69, 9.17) is 0 Å². The van der Waals surface area contributed by atoms with Crippen LogP contribution >= 0.6 is 0 Å². The van der Waals surface area contributed by atoms with Gasteiger partial charge < -0.3 is 5.43 Å². The van der Waals surface area contributed by atoms with Gasteiger partial charge in [0.05, 0.1) is 18.3 Å². The summed E-state index contributed by atoms with van der Waals surface area (Å²) in [6.07, 6.45) is 3.65. The zero-order chi connectivity index (χ0) is 13.6. The van der Waals surface area contributed by atoms with Crippen LogP contribution in [0.1, 0.15) is 11.1 Å². The molecule has 3 nitrogen and oxygen atoms in total. The number of rotatable bonds is 4. The Labute approximate surface area is 118 Å². The third-order valence-corrected chi connectivity index (χ3v) is 3.10. The Balaban J connectivity index is 1.72. The molecular formula is C17H15N3. The van der Waals surface area contributed by atoms with Crippen molar-refractivity contribution in [2.24, 2.45) is 5.10 Å². The van der Waals surface area contributed by atoms with E-state index in [1.54, 1.807) is 6.20 Å². The van der Waals surface area contributed by atoms with Crippen LogP contribution in [0.4, 0.5) is 0 Å². The van der Waals surface area contributed by atoms with Gasteiger partial charge in [-0.3, -0.25) is 4.98 Å². The number of fused-ring (bicyclic) bond motifs is 1. The fraction of sp³-hybridized carbons (Fsp3) is 0.0588. The van der Waals surface area contributed by atoms with Crippen LogP contribution in [0.25, 0.3) is 10.9 Å². The first-order chi connectivity index (χ1) is 9.93. The normalized spacial score (nSPS) is 11.0. The van der Waals surface area contributed by atoms with Crippen molar-refractivity contribution in [1.29, 1.82) is 0 Å². The minimum Gasteiger partial charge on any atom is -0.306 e. The van der Waals surface area contributed by atoms with Gasteiger partial charge in [-0.05, 0) is 17.7 Å². The van der Waals surface area contributed by atoms with E-state index in [1.165, 1.54) is 5.56 Å². The fourth-order valence-corrected chi connectivity index (χ4v) is 2.08. The smallest absolute Gasteiger partial charge is 0.0708 e. The second-order valence-electron chi connectivity index (χ2n) is 4.50. The topological polar surface area (TPSA) is 37.3 Å². The Hall–Kier alpha value is -2.68. The number of hydrogen-bond donors (Lipinski definition) is 1. The van der Waals surface area contributed by atoms with Gasteiger partial charge in [0.15, 0.2) is 0 Å². The molecule has 2 aromatic carbocycles. The molecule has 0 atom stereocenters. The molecule has 0 aliphatic heterocycles. The second-order valence-corrected chi connectivity index (χ2v) is 4.50. The molecule has 3 heteroatoms. The Bertz CT molecular complexity index is 715. The summed E-state index contributed by atoms with van der Waals surface area (Å²) >= 11 is 0. The first-order valence-electron chi connectivity index (χ1n) is 6.57. The van der Waals surface area contributed by atoms with Crippen molar-refractivity contribution < 1.29 is 0 Å². The van der Waals surface area contributed by atoms with Crippen molar-refractivity contribution in [1.82, 2.24) is 10.4 Å². The molecule has 20 heavy (non-hydrogen) atoms. The van der Waals surface area contributed by atoms with Gasteiger partial charge in [-0.15, -0.1) is 0 Å². The van der Waals surface area contributed by atoms with E-state index in [1.807, 2.05) is 48.7 Å². The predicted molar refractivity (Wildman–Crippen MR) is 82.6 cm³/mol. The highest BCUT2D eigenvalue weighted by molar-refractivity contribution is 5.97. The largest absolute Gasteiger partial charge is 0.306 e. The Morgan fingerprint density at radius 1 is 0.950 bits per heavy atom. The van der Waals surface area contributed by atoms with Crippen LogP contribution in [0.5, 0.6) is 0 Å². The molecule has 1 heterocycles. The first-order valence-corrected chi connectivity index (χ1v) is 6.57. The quantitative estimate of drug-likeness (QED) is 0.577. The molecule has 0 radical (unpaired) electrons. The minimum atomic E-state index is 0.723. The van der Waals surface area contributed by atoms with Gasteiger partial charge in [0, 0.05) is 17.1 Å². The first kappa shape index (κ1) is 12.4.